The van der Waals surface area contributed by atoms with Gasteiger partial charge in [0.05, 0.1) is 6.54 Å². The van der Waals surface area contributed by atoms with Crippen LogP contribution < -0.4 is 11.2 Å². The number of hydroxylamine groups is 1. The van der Waals surface area contributed by atoms with Gasteiger partial charge in [0.1, 0.15) is 18.0 Å². The van der Waals surface area contributed by atoms with Crippen LogP contribution in [0.2, 0.25) is 0 Å². The normalized spacial score (nSPS) is 10.9. The maximum atomic E-state index is 10.5. The highest BCUT2D eigenvalue weighted by Gasteiger charge is 2.09. The fourth-order valence-electron chi connectivity index (χ4n) is 1.69. The summed E-state index contributed by atoms with van der Waals surface area (Å²) in [7, 11) is 0. The second-order valence-electron chi connectivity index (χ2n) is 3.71. The molecule has 0 saturated carbocycles. The molecule has 1 aromatic carbocycles. The predicted octanol–water partition coefficient (Wildman–Crippen LogP) is 1.25. The standard InChI is InChI=1S/C12H14N2O3/c1-8-10(6-14-16-7-12(13)15)9-4-2-3-5-11(9)17-8/h2-5,14H,6-7H2,1H3,(H2,13,15). The van der Waals surface area contributed by atoms with Gasteiger partial charge in [0.15, 0.2) is 0 Å². The van der Waals surface area contributed by atoms with Crippen LogP contribution in [0.3, 0.4) is 0 Å². The van der Waals surface area contributed by atoms with Crippen LogP contribution in [0.5, 0.6) is 0 Å². The fraction of sp³-hybridized carbons (Fsp3) is 0.250. The van der Waals surface area contributed by atoms with Crippen LogP contribution in [0.25, 0.3) is 11.0 Å². The van der Waals surface area contributed by atoms with E-state index in [0.29, 0.717) is 6.54 Å². The van der Waals surface area contributed by atoms with Crippen molar-refractivity contribution in [2.24, 2.45) is 5.73 Å². The summed E-state index contributed by atoms with van der Waals surface area (Å²) in [5.74, 6) is 0.327. The van der Waals surface area contributed by atoms with Crippen LogP contribution >= 0.6 is 0 Å². The quantitative estimate of drug-likeness (QED) is 0.603. The van der Waals surface area contributed by atoms with E-state index in [1.807, 2.05) is 31.2 Å². The summed E-state index contributed by atoms with van der Waals surface area (Å²) in [5, 5.41) is 1.04. The Labute approximate surface area is 98.5 Å². The van der Waals surface area contributed by atoms with E-state index in [1.54, 1.807) is 0 Å². The molecule has 17 heavy (non-hydrogen) atoms. The summed E-state index contributed by atoms with van der Waals surface area (Å²) in [6.07, 6.45) is 0. The molecule has 0 aliphatic rings. The monoisotopic (exact) mass is 234 g/mol. The number of nitrogens with one attached hydrogen (secondary N) is 1. The van der Waals surface area contributed by atoms with Gasteiger partial charge in [0.2, 0.25) is 5.91 Å². The van der Waals surface area contributed by atoms with Gasteiger partial charge in [0, 0.05) is 10.9 Å². The van der Waals surface area contributed by atoms with Crippen molar-refractivity contribution in [3.8, 4) is 0 Å². The van der Waals surface area contributed by atoms with E-state index < -0.39 is 5.91 Å². The van der Waals surface area contributed by atoms with Crippen LogP contribution in [0.15, 0.2) is 28.7 Å². The van der Waals surface area contributed by atoms with Crippen LogP contribution in [-0.4, -0.2) is 12.5 Å². The minimum Gasteiger partial charge on any atom is -0.461 e. The predicted molar refractivity (Wildman–Crippen MR) is 62.9 cm³/mol. The summed E-state index contributed by atoms with van der Waals surface area (Å²) in [6.45, 7) is 2.22. The average molecular weight is 234 g/mol. The minimum atomic E-state index is -0.508. The average Bonchev–Trinajstić information content (AvgIpc) is 2.60. The zero-order valence-electron chi connectivity index (χ0n) is 9.53. The molecule has 0 bridgehead atoms. The third kappa shape index (κ3) is 2.64. The number of rotatable bonds is 5. The Morgan fingerprint density at radius 3 is 3.00 bits per heavy atom. The van der Waals surface area contributed by atoms with Crippen LogP contribution in [0.1, 0.15) is 11.3 Å². The zero-order chi connectivity index (χ0) is 12.3. The lowest BCUT2D eigenvalue weighted by Crippen LogP contribution is -2.24. The molecular weight excluding hydrogens is 220 g/mol. The number of hydrogen-bond donors (Lipinski definition) is 2. The van der Waals surface area contributed by atoms with Gasteiger partial charge in [-0.15, -0.1) is 0 Å². The van der Waals surface area contributed by atoms with Crippen molar-refractivity contribution < 1.29 is 14.0 Å². The molecule has 1 heterocycles. The Morgan fingerprint density at radius 1 is 1.47 bits per heavy atom. The molecule has 0 aliphatic heterocycles. The topological polar surface area (TPSA) is 77.5 Å². The number of aryl methyl sites for hydroxylation is 1. The fourth-order valence-corrected chi connectivity index (χ4v) is 1.69. The molecule has 3 N–H and O–H groups in total. The molecule has 0 radical (unpaired) electrons. The van der Waals surface area contributed by atoms with E-state index in [9.17, 15) is 4.79 Å². The summed E-state index contributed by atoms with van der Waals surface area (Å²) in [5.41, 5.74) is 9.50. The van der Waals surface area contributed by atoms with Crippen LogP contribution in [0.4, 0.5) is 0 Å². The lowest BCUT2D eigenvalue weighted by atomic mass is 10.1. The Balaban J connectivity index is 2.07. The van der Waals surface area contributed by atoms with E-state index in [1.165, 1.54) is 0 Å². The Bertz CT molecular complexity index is 534. The third-order valence-electron chi connectivity index (χ3n) is 2.47. The summed E-state index contributed by atoms with van der Waals surface area (Å²) < 4.78 is 5.59. The van der Waals surface area contributed by atoms with Gasteiger partial charge in [-0.25, -0.2) is 0 Å². The Kier molecular flexibility index (Phi) is 3.41. The van der Waals surface area contributed by atoms with E-state index in [-0.39, 0.29) is 6.61 Å². The molecular formula is C12H14N2O3. The maximum Gasteiger partial charge on any atom is 0.245 e. The highest BCUT2D eigenvalue weighted by Crippen LogP contribution is 2.24. The number of para-hydroxylation sites is 1. The molecule has 2 aromatic rings. The van der Waals surface area contributed by atoms with E-state index in [0.717, 1.165) is 22.3 Å². The van der Waals surface area contributed by atoms with Gasteiger partial charge in [-0.05, 0) is 13.0 Å². The number of furan rings is 1. The first-order valence-corrected chi connectivity index (χ1v) is 5.28. The van der Waals surface area contributed by atoms with Crippen LogP contribution in [-0.2, 0) is 16.2 Å². The van der Waals surface area contributed by atoms with Crippen molar-refractivity contribution in [2.75, 3.05) is 6.61 Å². The van der Waals surface area contributed by atoms with Crippen molar-refractivity contribution in [3.05, 3.63) is 35.6 Å². The third-order valence-corrected chi connectivity index (χ3v) is 2.47. The van der Waals surface area contributed by atoms with Gasteiger partial charge >= 0.3 is 0 Å². The number of nitrogens with two attached hydrogens (primary N) is 1. The van der Waals surface area contributed by atoms with Crippen molar-refractivity contribution in [3.63, 3.8) is 0 Å². The first-order chi connectivity index (χ1) is 8.18. The van der Waals surface area contributed by atoms with Crippen molar-refractivity contribution in [1.82, 2.24) is 5.48 Å². The first-order valence-electron chi connectivity index (χ1n) is 5.28. The van der Waals surface area contributed by atoms with E-state index >= 15 is 0 Å². The summed E-state index contributed by atoms with van der Waals surface area (Å²) >= 11 is 0. The largest absolute Gasteiger partial charge is 0.461 e. The lowest BCUT2D eigenvalue weighted by molar-refractivity contribution is -0.125. The number of amides is 1. The Hall–Kier alpha value is -1.85. The molecule has 0 saturated heterocycles. The molecule has 5 nitrogen and oxygen atoms in total. The lowest BCUT2D eigenvalue weighted by Gasteiger charge is -2.03. The highest BCUT2D eigenvalue weighted by molar-refractivity contribution is 5.82. The number of carbonyl (C=O) groups excluding carboxylic acids is 1. The minimum absolute atomic E-state index is 0.144. The second kappa shape index (κ2) is 4.99. The van der Waals surface area contributed by atoms with E-state index in [4.69, 9.17) is 15.0 Å². The summed E-state index contributed by atoms with van der Waals surface area (Å²) in [4.78, 5) is 15.4. The summed E-state index contributed by atoms with van der Waals surface area (Å²) in [6, 6.07) is 7.77. The van der Waals surface area contributed by atoms with Gasteiger partial charge in [-0.3, -0.25) is 9.63 Å². The first kappa shape index (κ1) is 11.6. The molecule has 0 unspecified atom stereocenters. The number of primary amides is 1. The SMILES string of the molecule is Cc1oc2ccccc2c1CNOCC(N)=O. The molecule has 2 rings (SSSR count). The van der Waals surface area contributed by atoms with E-state index in [2.05, 4.69) is 5.48 Å². The Morgan fingerprint density at radius 2 is 2.24 bits per heavy atom. The van der Waals surface area contributed by atoms with Crippen molar-refractivity contribution >= 4 is 16.9 Å². The maximum absolute atomic E-state index is 10.5. The molecule has 0 aliphatic carbocycles. The molecule has 1 aromatic heterocycles. The van der Waals surface area contributed by atoms with Gasteiger partial charge in [-0.1, -0.05) is 18.2 Å². The van der Waals surface area contributed by atoms with Crippen LogP contribution in [0, 0.1) is 6.92 Å². The molecule has 0 atom stereocenters. The molecule has 0 spiro atoms. The van der Waals surface area contributed by atoms with Gasteiger partial charge < -0.3 is 10.2 Å². The highest BCUT2D eigenvalue weighted by atomic mass is 16.6. The van der Waals surface area contributed by atoms with Gasteiger partial charge in [0.25, 0.3) is 0 Å². The zero-order valence-corrected chi connectivity index (χ0v) is 9.53. The smallest absolute Gasteiger partial charge is 0.245 e. The van der Waals surface area contributed by atoms with Crippen molar-refractivity contribution in [2.45, 2.75) is 13.5 Å². The number of fused-ring (bicyclic) bond motifs is 1. The number of carbonyl (C=O) groups is 1. The van der Waals surface area contributed by atoms with Gasteiger partial charge in [-0.2, -0.15) is 5.48 Å². The number of hydrogen-bond acceptors (Lipinski definition) is 4. The molecule has 90 valence electrons. The molecule has 0 fully saturated rings. The molecule has 5 heteroatoms. The molecule has 1 amide bonds. The second-order valence-corrected chi connectivity index (χ2v) is 3.71. The number of benzene rings is 1. The van der Waals surface area contributed by atoms with Crippen molar-refractivity contribution in [1.29, 1.82) is 0 Å².